The van der Waals surface area contributed by atoms with E-state index in [9.17, 15) is 37.2 Å². The van der Waals surface area contributed by atoms with Crippen LogP contribution in [-0.4, -0.2) is 40.7 Å². The zero-order valence-corrected chi connectivity index (χ0v) is 22.1. The van der Waals surface area contributed by atoms with Crippen molar-refractivity contribution in [3.05, 3.63) is 89.6 Å². The Bertz CT molecular complexity index is 1530. The number of nitrogens with one attached hydrogen (secondary N) is 1. The van der Waals surface area contributed by atoms with Gasteiger partial charge in [-0.2, -0.15) is 5.26 Å². The van der Waals surface area contributed by atoms with Gasteiger partial charge in [-0.3, -0.25) is 24.2 Å². The molecule has 42 heavy (non-hydrogen) atoms. The number of pyridine rings is 1. The molecule has 216 valence electrons. The van der Waals surface area contributed by atoms with Crippen LogP contribution < -0.4 is 15.1 Å². The highest BCUT2D eigenvalue weighted by Crippen LogP contribution is 2.39. The number of hydrogen-bond acceptors (Lipinski definition) is 5. The quantitative estimate of drug-likeness (QED) is 0.386. The number of carbonyl (C=O) groups excluding carboxylic acids is 3. The number of aromatic nitrogens is 1. The van der Waals surface area contributed by atoms with Gasteiger partial charge in [0.15, 0.2) is 0 Å². The summed E-state index contributed by atoms with van der Waals surface area (Å²) in [6.45, 7) is 0. The minimum atomic E-state index is -2.92. The van der Waals surface area contributed by atoms with Gasteiger partial charge in [-0.25, -0.2) is 22.5 Å². The fraction of sp³-hybridized carbons (Fsp3) is 0.300. The van der Waals surface area contributed by atoms with E-state index in [1.165, 1.54) is 35.4 Å². The van der Waals surface area contributed by atoms with Crippen molar-refractivity contribution < 1.29 is 31.9 Å². The molecule has 1 aliphatic heterocycles. The largest absolute Gasteiger partial charge is 0.351 e. The molecule has 1 aliphatic carbocycles. The number of alkyl halides is 2. The zero-order chi connectivity index (χ0) is 30.0. The first kappa shape index (κ1) is 28.7. The summed E-state index contributed by atoms with van der Waals surface area (Å²) in [7, 11) is 0. The average Bonchev–Trinajstić information content (AvgIpc) is 3.29. The van der Waals surface area contributed by atoms with Crippen LogP contribution in [0.25, 0.3) is 0 Å². The second-order valence-electron chi connectivity index (χ2n) is 10.3. The van der Waals surface area contributed by atoms with Crippen molar-refractivity contribution in [2.75, 3.05) is 9.80 Å². The standard InChI is InChI=1S/C30H25F4N5O3/c31-20-11-21(32)13-24(12-20)39(28(19-4-2-1-3-5-19)29(42)37-22-15-30(33,34)16-22)27(41)14-23-6-7-26(40)38(23)25-10-18(17-35)8-9-36-25/h1-5,8-13,22-23,28H,6-7,14-16H2,(H,37,42)/t23-,28-/m0/s1. The molecule has 2 aromatic carbocycles. The molecule has 0 unspecified atom stereocenters. The van der Waals surface area contributed by atoms with Crippen molar-refractivity contribution in [2.24, 2.45) is 0 Å². The van der Waals surface area contributed by atoms with Crippen LogP contribution in [0.15, 0.2) is 66.9 Å². The normalized spacial score (nSPS) is 18.6. The molecule has 2 heterocycles. The lowest BCUT2D eigenvalue weighted by molar-refractivity contribution is -0.133. The van der Waals surface area contributed by atoms with Gasteiger partial charge in [0.2, 0.25) is 17.7 Å². The van der Waals surface area contributed by atoms with E-state index in [0.717, 1.165) is 17.0 Å². The maximum Gasteiger partial charge on any atom is 0.252 e. The van der Waals surface area contributed by atoms with Crippen LogP contribution in [0.4, 0.5) is 29.1 Å². The Kier molecular flexibility index (Phi) is 7.93. The van der Waals surface area contributed by atoms with E-state index in [0.29, 0.717) is 6.07 Å². The first-order valence-corrected chi connectivity index (χ1v) is 13.2. The van der Waals surface area contributed by atoms with Gasteiger partial charge >= 0.3 is 0 Å². The van der Waals surface area contributed by atoms with Gasteiger partial charge in [-0.1, -0.05) is 30.3 Å². The highest BCUT2D eigenvalue weighted by atomic mass is 19.3. The third-order valence-corrected chi connectivity index (χ3v) is 7.31. The summed E-state index contributed by atoms with van der Waals surface area (Å²) in [6, 6.07) is 12.2. The van der Waals surface area contributed by atoms with E-state index in [-0.39, 0.29) is 47.8 Å². The lowest BCUT2D eigenvalue weighted by Gasteiger charge is -2.38. The number of amides is 3. The van der Waals surface area contributed by atoms with E-state index >= 15 is 0 Å². The monoisotopic (exact) mass is 579 g/mol. The smallest absolute Gasteiger partial charge is 0.252 e. The van der Waals surface area contributed by atoms with Crippen LogP contribution in [0, 0.1) is 23.0 Å². The number of carbonyl (C=O) groups is 3. The predicted octanol–water partition coefficient (Wildman–Crippen LogP) is 4.81. The Hall–Kier alpha value is -4.79. The van der Waals surface area contributed by atoms with Crippen LogP contribution in [-0.2, 0) is 14.4 Å². The second kappa shape index (κ2) is 11.6. The molecule has 0 bridgehead atoms. The second-order valence-corrected chi connectivity index (χ2v) is 10.3. The van der Waals surface area contributed by atoms with E-state index < -0.39 is 60.3 Å². The van der Waals surface area contributed by atoms with Crippen molar-refractivity contribution in [1.82, 2.24) is 10.3 Å². The summed E-state index contributed by atoms with van der Waals surface area (Å²) in [5.74, 6) is -6.63. The van der Waals surface area contributed by atoms with Crippen LogP contribution in [0.5, 0.6) is 0 Å². The van der Waals surface area contributed by atoms with Crippen molar-refractivity contribution in [2.45, 2.75) is 56.2 Å². The SMILES string of the molecule is N#Cc1ccnc(N2C(=O)CC[C@H]2CC(=O)N(c2cc(F)cc(F)c2)[C@H](C(=O)NC2CC(F)(F)C2)c2ccccc2)c1. The summed E-state index contributed by atoms with van der Waals surface area (Å²) in [5.41, 5.74) is 0.270. The van der Waals surface area contributed by atoms with E-state index in [2.05, 4.69) is 10.3 Å². The number of anilines is 2. The minimum Gasteiger partial charge on any atom is -0.351 e. The van der Waals surface area contributed by atoms with Gasteiger partial charge in [0.1, 0.15) is 23.5 Å². The van der Waals surface area contributed by atoms with Crippen molar-refractivity contribution >= 4 is 29.2 Å². The van der Waals surface area contributed by atoms with Crippen LogP contribution >= 0.6 is 0 Å². The minimum absolute atomic E-state index is 0.0868. The van der Waals surface area contributed by atoms with Crippen molar-refractivity contribution in [1.29, 1.82) is 5.26 Å². The number of benzene rings is 2. The zero-order valence-electron chi connectivity index (χ0n) is 22.1. The van der Waals surface area contributed by atoms with Gasteiger partial charge in [0.05, 0.1) is 17.3 Å². The molecule has 2 fully saturated rings. The first-order chi connectivity index (χ1) is 20.0. The summed E-state index contributed by atoms with van der Waals surface area (Å²) < 4.78 is 55.9. The molecule has 1 aromatic heterocycles. The highest BCUT2D eigenvalue weighted by Gasteiger charge is 2.47. The van der Waals surface area contributed by atoms with E-state index in [4.69, 9.17) is 0 Å². The molecule has 5 rings (SSSR count). The first-order valence-electron chi connectivity index (χ1n) is 13.2. The topological polar surface area (TPSA) is 106 Å². The fourth-order valence-electron chi connectivity index (χ4n) is 5.38. The molecule has 2 atom stereocenters. The van der Waals surface area contributed by atoms with Gasteiger partial charge < -0.3 is 5.32 Å². The lowest BCUT2D eigenvalue weighted by atomic mass is 9.87. The fourth-order valence-corrected chi connectivity index (χ4v) is 5.38. The maximum absolute atomic E-state index is 14.4. The molecule has 1 saturated carbocycles. The molecule has 0 spiro atoms. The van der Waals surface area contributed by atoms with Crippen LogP contribution in [0.3, 0.4) is 0 Å². The van der Waals surface area contributed by atoms with Gasteiger partial charge in [0, 0.05) is 50.0 Å². The molecule has 1 N–H and O–H groups in total. The molecule has 1 saturated heterocycles. The summed E-state index contributed by atoms with van der Waals surface area (Å²) in [4.78, 5) is 47.0. The highest BCUT2D eigenvalue weighted by molar-refractivity contribution is 6.03. The number of halogens is 4. The number of nitrogens with zero attached hydrogens (tertiary/aromatic N) is 4. The number of rotatable bonds is 8. The molecule has 8 nitrogen and oxygen atoms in total. The van der Waals surface area contributed by atoms with Crippen LogP contribution in [0.2, 0.25) is 0 Å². The van der Waals surface area contributed by atoms with Gasteiger partial charge in [-0.15, -0.1) is 0 Å². The van der Waals surface area contributed by atoms with Gasteiger partial charge in [-0.05, 0) is 36.2 Å². The van der Waals surface area contributed by atoms with E-state index in [1.807, 2.05) is 6.07 Å². The molecule has 3 aromatic rings. The summed E-state index contributed by atoms with van der Waals surface area (Å²) in [6.07, 6.45) is 0.186. The Morgan fingerprint density at radius 1 is 1.10 bits per heavy atom. The predicted molar refractivity (Wildman–Crippen MR) is 143 cm³/mol. The Labute approximate surface area is 238 Å². The molecular formula is C30H25F4N5O3. The van der Waals surface area contributed by atoms with Crippen LogP contribution in [0.1, 0.15) is 49.3 Å². The van der Waals surface area contributed by atoms with E-state index in [1.54, 1.807) is 18.2 Å². The maximum atomic E-state index is 14.4. The Balaban J connectivity index is 1.52. The molecule has 12 heteroatoms. The molecular weight excluding hydrogens is 554 g/mol. The summed E-state index contributed by atoms with van der Waals surface area (Å²) in [5, 5.41) is 11.8. The number of nitriles is 1. The lowest BCUT2D eigenvalue weighted by Crippen LogP contribution is -2.54. The third-order valence-electron chi connectivity index (χ3n) is 7.31. The summed E-state index contributed by atoms with van der Waals surface area (Å²) >= 11 is 0. The van der Waals surface area contributed by atoms with Crippen molar-refractivity contribution in [3.63, 3.8) is 0 Å². The van der Waals surface area contributed by atoms with Gasteiger partial charge in [0.25, 0.3) is 5.92 Å². The molecule has 3 amide bonds. The molecule has 2 aliphatic rings. The number of hydrogen-bond donors (Lipinski definition) is 1. The van der Waals surface area contributed by atoms with Crippen molar-refractivity contribution in [3.8, 4) is 6.07 Å². The average molecular weight is 580 g/mol. The molecule has 0 radical (unpaired) electrons. The Morgan fingerprint density at radius 2 is 1.79 bits per heavy atom. The Morgan fingerprint density at radius 3 is 2.43 bits per heavy atom. The third kappa shape index (κ3) is 6.10.